The zero-order valence-corrected chi connectivity index (χ0v) is 8.42. The third-order valence-electron chi connectivity index (χ3n) is 1.63. The lowest BCUT2D eigenvalue weighted by atomic mass is 10.3. The summed E-state index contributed by atoms with van der Waals surface area (Å²) < 4.78 is 1.52. The van der Waals surface area contributed by atoms with Crippen molar-refractivity contribution in [2.75, 3.05) is 5.75 Å². The lowest BCUT2D eigenvalue weighted by Crippen LogP contribution is -2.21. The monoisotopic (exact) mass is 196 g/mol. The Morgan fingerprint density at radius 1 is 1.77 bits per heavy atom. The molecule has 0 amide bonds. The summed E-state index contributed by atoms with van der Waals surface area (Å²) >= 11 is 4.06. The van der Waals surface area contributed by atoms with E-state index in [0.717, 1.165) is 11.3 Å². The van der Waals surface area contributed by atoms with Crippen molar-refractivity contribution in [1.82, 2.24) is 9.55 Å². The summed E-state index contributed by atoms with van der Waals surface area (Å²) in [6.45, 7) is 6.05. The highest BCUT2D eigenvalue weighted by Crippen LogP contribution is 1.96. The maximum atomic E-state index is 11.3. The first kappa shape index (κ1) is 10.1. The van der Waals surface area contributed by atoms with Crippen LogP contribution >= 0.6 is 12.6 Å². The van der Waals surface area contributed by atoms with Crippen LogP contribution in [0.5, 0.6) is 0 Å². The second-order valence-electron chi connectivity index (χ2n) is 2.90. The average Bonchev–Trinajstić information content (AvgIpc) is 2.09. The molecular weight excluding hydrogens is 184 g/mol. The van der Waals surface area contributed by atoms with Gasteiger partial charge in [-0.1, -0.05) is 6.58 Å². The number of nitrogens with zero attached hydrogens (tertiary/aromatic N) is 2. The number of aryl methyl sites for hydroxylation is 1. The number of hydrogen-bond donors (Lipinski definition) is 1. The van der Waals surface area contributed by atoms with Gasteiger partial charge in [0.05, 0.1) is 6.33 Å². The lowest BCUT2D eigenvalue weighted by Gasteiger charge is -2.05. The molecule has 0 fully saturated rings. The first-order valence-electron chi connectivity index (χ1n) is 3.94. The number of thiol groups is 1. The first-order chi connectivity index (χ1) is 6.13. The molecular formula is C9H12N2OS. The van der Waals surface area contributed by atoms with Crippen LogP contribution < -0.4 is 5.56 Å². The second-order valence-corrected chi connectivity index (χ2v) is 3.22. The van der Waals surface area contributed by atoms with E-state index < -0.39 is 0 Å². The molecule has 0 saturated heterocycles. The highest BCUT2D eigenvalue weighted by atomic mass is 32.1. The fourth-order valence-corrected chi connectivity index (χ4v) is 1.03. The van der Waals surface area contributed by atoms with E-state index in [1.54, 1.807) is 6.92 Å². The van der Waals surface area contributed by atoms with E-state index in [1.807, 2.05) is 0 Å². The maximum absolute atomic E-state index is 11.3. The number of aromatic nitrogens is 2. The van der Waals surface area contributed by atoms with Gasteiger partial charge >= 0.3 is 0 Å². The Balaban J connectivity index is 2.90. The van der Waals surface area contributed by atoms with Gasteiger partial charge in [0.15, 0.2) is 0 Å². The molecule has 0 N–H and O–H groups in total. The Morgan fingerprint density at radius 2 is 2.46 bits per heavy atom. The molecule has 0 radical (unpaired) electrons. The van der Waals surface area contributed by atoms with Gasteiger partial charge in [-0.2, -0.15) is 12.6 Å². The summed E-state index contributed by atoms with van der Waals surface area (Å²) in [7, 11) is 0. The quantitative estimate of drug-likeness (QED) is 0.579. The van der Waals surface area contributed by atoms with E-state index in [0.29, 0.717) is 12.3 Å². The lowest BCUT2D eigenvalue weighted by molar-refractivity contribution is 0.723. The van der Waals surface area contributed by atoms with Crippen molar-refractivity contribution in [1.29, 1.82) is 0 Å². The van der Waals surface area contributed by atoms with Crippen molar-refractivity contribution >= 4 is 12.6 Å². The van der Waals surface area contributed by atoms with E-state index in [4.69, 9.17) is 0 Å². The summed E-state index contributed by atoms with van der Waals surface area (Å²) in [5, 5.41) is 0. The Kier molecular flexibility index (Phi) is 3.31. The molecule has 0 aliphatic rings. The molecule has 0 spiro atoms. The highest BCUT2D eigenvalue weighted by Gasteiger charge is 1.97. The minimum atomic E-state index is -0.0459. The molecule has 1 rings (SSSR count). The number of rotatable bonds is 3. The van der Waals surface area contributed by atoms with Gasteiger partial charge in [0.2, 0.25) is 0 Å². The van der Waals surface area contributed by atoms with Gasteiger partial charge in [0.1, 0.15) is 0 Å². The van der Waals surface area contributed by atoms with Crippen LogP contribution in [-0.2, 0) is 6.54 Å². The predicted molar refractivity (Wildman–Crippen MR) is 56.2 cm³/mol. The van der Waals surface area contributed by atoms with Gasteiger partial charge in [-0.25, -0.2) is 4.98 Å². The molecule has 1 aromatic rings. The molecule has 0 aliphatic heterocycles. The zero-order valence-electron chi connectivity index (χ0n) is 7.53. The van der Waals surface area contributed by atoms with Gasteiger partial charge in [-0.05, 0) is 12.5 Å². The summed E-state index contributed by atoms with van der Waals surface area (Å²) in [6.07, 6.45) is 1.53. The second kappa shape index (κ2) is 4.28. The van der Waals surface area contributed by atoms with E-state index in [1.165, 1.54) is 17.0 Å². The van der Waals surface area contributed by atoms with E-state index in [2.05, 4.69) is 24.2 Å². The number of hydrogen-bond acceptors (Lipinski definition) is 3. The molecule has 0 saturated carbocycles. The van der Waals surface area contributed by atoms with Crippen LogP contribution in [0, 0.1) is 6.92 Å². The first-order valence-corrected chi connectivity index (χ1v) is 4.57. The molecule has 0 unspecified atom stereocenters. The molecule has 1 heterocycles. The van der Waals surface area contributed by atoms with Crippen LogP contribution in [0.1, 0.15) is 5.69 Å². The van der Waals surface area contributed by atoms with Crippen molar-refractivity contribution in [2.45, 2.75) is 13.5 Å². The minimum absolute atomic E-state index is 0.0459. The van der Waals surface area contributed by atoms with Crippen molar-refractivity contribution in [2.24, 2.45) is 0 Å². The van der Waals surface area contributed by atoms with Crippen LogP contribution in [0.2, 0.25) is 0 Å². The topological polar surface area (TPSA) is 34.9 Å². The van der Waals surface area contributed by atoms with Gasteiger partial charge < -0.3 is 0 Å². The Labute approximate surface area is 82.5 Å². The van der Waals surface area contributed by atoms with Crippen molar-refractivity contribution < 1.29 is 0 Å². The van der Waals surface area contributed by atoms with E-state index >= 15 is 0 Å². The SMILES string of the molecule is C=C(CS)Cn1cnc(C)cc1=O. The van der Waals surface area contributed by atoms with Gasteiger partial charge in [-0.15, -0.1) is 0 Å². The minimum Gasteiger partial charge on any atom is -0.295 e. The van der Waals surface area contributed by atoms with Crippen molar-refractivity contribution in [3.8, 4) is 0 Å². The van der Waals surface area contributed by atoms with E-state index in [-0.39, 0.29) is 5.56 Å². The maximum Gasteiger partial charge on any atom is 0.253 e. The summed E-state index contributed by atoms with van der Waals surface area (Å²) in [5.74, 6) is 0.584. The molecule has 0 aromatic carbocycles. The Morgan fingerprint density at radius 3 is 3.00 bits per heavy atom. The third-order valence-corrected chi connectivity index (χ3v) is 2.08. The predicted octanol–water partition coefficient (Wildman–Crippen LogP) is 1.04. The van der Waals surface area contributed by atoms with Gasteiger partial charge in [0.25, 0.3) is 5.56 Å². The molecule has 1 aromatic heterocycles. The smallest absolute Gasteiger partial charge is 0.253 e. The molecule has 0 bridgehead atoms. The molecule has 0 atom stereocenters. The van der Waals surface area contributed by atoms with E-state index in [9.17, 15) is 4.79 Å². The van der Waals surface area contributed by atoms with Crippen molar-refractivity contribution in [3.63, 3.8) is 0 Å². The fourth-order valence-electron chi connectivity index (χ4n) is 0.926. The van der Waals surface area contributed by atoms with Crippen LogP contribution in [0.15, 0.2) is 29.3 Å². The van der Waals surface area contributed by atoms with Crippen molar-refractivity contribution in [3.05, 3.63) is 40.6 Å². The molecule has 70 valence electrons. The molecule has 13 heavy (non-hydrogen) atoms. The summed E-state index contributed by atoms with van der Waals surface area (Å²) in [5.41, 5.74) is 1.59. The molecule has 4 heteroatoms. The average molecular weight is 196 g/mol. The van der Waals surface area contributed by atoms with Crippen LogP contribution in [0.25, 0.3) is 0 Å². The fraction of sp³-hybridized carbons (Fsp3) is 0.333. The summed E-state index contributed by atoms with van der Waals surface area (Å²) in [4.78, 5) is 15.4. The van der Waals surface area contributed by atoms with Gasteiger partial charge in [0, 0.05) is 24.1 Å². The largest absolute Gasteiger partial charge is 0.295 e. The molecule has 0 aliphatic carbocycles. The van der Waals surface area contributed by atoms with Crippen LogP contribution in [0.3, 0.4) is 0 Å². The van der Waals surface area contributed by atoms with Crippen LogP contribution in [0.4, 0.5) is 0 Å². The third kappa shape index (κ3) is 2.73. The molecule has 3 nitrogen and oxygen atoms in total. The van der Waals surface area contributed by atoms with Gasteiger partial charge in [-0.3, -0.25) is 9.36 Å². The zero-order chi connectivity index (χ0) is 9.84. The standard InChI is InChI=1S/C9H12N2OS/c1-7(5-13)4-11-6-10-8(2)3-9(11)12/h3,6,13H,1,4-5H2,2H3. The summed E-state index contributed by atoms with van der Waals surface area (Å²) in [6, 6.07) is 1.51. The normalized spacial score (nSPS) is 10.0. The van der Waals surface area contributed by atoms with Crippen LogP contribution in [-0.4, -0.2) is 15.3 Å². The Hall–Kier alpha value is -1.03. The Bertz CT molecular complexity index is 370. The highest BCUT2D eigenvalue weighted by molar-refractivity contribution is 7.80.